The highest BCUT2D eigenvalue weighted by molar-refractivity contribution is 5.37. The van der Waals surface area contributed by atoms with Crippen molar-refractivity contribution in [2.24, 2.45) is 5.73 Å². The Bertz CT molecular complexity index is 491. The maximum absolute atomic E-state index is 13.8. The Labute approximate surface area is 117 Å². The van der Waals surface area contributed by atoms with Crippen molar-refractivity contribution in [2.45, 2.75) is 19.0 Å². The quantitative estimate of drug-likeness (QED) is 0.839. The Hall–Kier alpha value is -1.11. The van der Waals surface area contributed by atoms with Crippen LogP contribution in [-0.4, -0.2) is 43.5 Å². The van der Waals surface area contributed by atoms with Gasteiger partial charge in [0.15, 0.2) is 17.5 Å². The van der Waals surface area contributed by atoms with Crippen LogP contribution >= 0.6 is 0 Å². The number of hydrogen-bond acceptors (Lipinski definition) is 3. The first kappa shape index (κ1) is 15.3. The molecule has 2 rings (SSSR count). The summed E-state index contributed by atoms with van der Waals surface area (Å²) in [6.45, 7) is 2.17. The summed E-state index contributed by atoms with van der Waals surface area (Å²) in [4.78, 5) is 4.04. The van der Waals surface area contributed by atoms with Gasteiger partial charge in [-0.05, 0) is 38.7 Å². The lowest BCUT2D eigenvalue weighted by Gasteiger charge is -2.24. The van der Waals surface area contributed by atoms with Gasteiger partial charge in [-0.3, -0.25) is 4.90 Å². The SMILES string of the molecule is CN(C)CCCN1Cc2c(cc(F)c(F)c2F)C1CN. The highest BCUT2D eigenvalue weighted by atomic mass is 19.2. The lowest BCUT2D eigenvalue weighted by atomic mass is 10.0. The summed E-state index contributed by atoms with van der Waals surface area (Å²) in [5.74, 6) is -3.61. The van der Waals surface area contributed by atoms with Crippen LogP contribution in [0.3, 0.4) is 0 Å². The molecule has 1 unspecified atom stereocenters. The standard InChI is InChI=1S/C14H20F3N3/c1-19(2)4-3-5-20-8-10-9(12(20)7-18)6-11(15)14(17)13(10)16/h6,12H,3-5,7-8,18H2,1-2H3. The smallest absolute Gasteiger partial charge is 0.194 e. The van der Waals surface area contributed by atoms with E-state index in [-0.39, 0.29) is 24.7 Å². The fourth-order valence-electron chi connectivity index (χ4n) is 2.72. The van der Waals surface area contributed by atoms with Crippen LogP contribution in [0.1, 0.15) is 23.6 Å². The fraction of sp³-hybridized carbons (Fsp3) is 0.571. The molecule has 3 nitrogen and oxygen atoms in total. The molecule has 20 heavy (non-hydrogen) atoms. The number of halogens is 3. The van der Waals surface area contributed by atoms with Crippen LogP contribution < -0.4 is 5.73 Å². The van der Waals surface area contributed by atoms with Crippen LogP contribution in [0.5, 0.6) is 0 Å². The molecule has 0 bridgehead atoms. The Morgan fingerprint density at radius 1 is 1.30 bits per heavy atom. The van der Waals surface area contributed by atoms with Crippen molar-refractivity contribution in [3.05, 3.63) is 34.6 Å². The Kier molecular flexibility index (Phi) is 4.67. The van der Waals surface area contributed by atoms with Crippen molar-refractivity contribution in [3.63, 3.8) is 0 Å². The number of benzene rings is 1. The summed E-state index contributed by atoms with van der Waals surface area (Å²) in [7, 11) is 3.95. The number of rotatable bonds is 5. The molecule has 0 spiro atoms. The molecule has 1 aliphatic heterocycles. The zero-order valence-electron chi connectivity index (χ0n) is 11.8. The number of nitrogens with zero attached hydrogens (tertiary/aromatic N) is 2. The third-order valence-corrected chi connectivity index (χ3v) is 3.73. The molecule has 1 aromatic rings. The monoisotopic (exact) mass is 287 g/mol. The largest absolute Gasteiger partial charge is 0.329 e. The van der Waals surface area contributed by atoms with Crippen molar-refractivity contribution in [1.29, 1.82) is 0 Å². The van der Waals surface area contributed by atoms with Crippen LogP contribution in [0.2, 0.25) is 0 Å². The fourth-order valence-corrected chi connectivity index (χ4v) is 2.72. The van der Waals surface area contributed by atoms with Crippen LogP contribution in [0, 0.1) is 17.5 Å². The van der Waals surface area contributed by atoms with Gasteiger partial charge in [-0.15, -0.1) is 0 Å². The minimum absolute atomic E-state index is 0.239. The molecule has 0 aromatic heterocycles. The third-order valence-electron chi connectivity index (χ3n) is 3.73. The topological polar surface area (TPSA) is 32.5 Å². The van der Waals surface area contributed by atoms with Gasteiger partial charge in [-0.2, -0.15) is 0 Å². The number of hydrogen-bond donors (Lipinski definition) is 1. The average molecular weight is 287 g/mol. The minimum Gasteiger partial charge on any atom is -0.329 e. The van der Waals surface area contributed by atoms with E-state index in [2.05, 4.69) is 4.90 Å². The van der Waals surface area contributed by atoms with Gasteiger partial charge in [0.05, 0.1) is 0 Å². The molecule has 0 saturated carbocycles. The van der Waals surface area contributed by atoms with Gasteiger partial charge in [0.2, 0.25) is 0 Å². The first-order valence-electron chi connectivity index (χ1n) is 6.70. The molecule has 0 aliphatic carbocycles. The van der Waals surface area contributed by atoms with Crippen molar-refractivity contribution in [3.8, 4) is 0 Å². The van der Waals surface area contributed by atoms with E-state index >= 15 is 0 Å². The molecule has 0 amide bonds. The molecule has 1 aromatic carbocycles. The molecule has 0 saturated heterocycles. The molecule has 112 valence electrons. The second-order valence-corrected chi connectivity index (χ2v) is 5.43. The summed E-state index contributed by atoms with van der Waals surface area (Å²) in [6.07, 6.45) is 0.893. The molecule has 1 aliphatic rings. The van der Waals surface area contributed by atoms with Crippen molar-refractivity contribution < 1.29 is 13.2 Å². The van der Waals surface area contributed by atoms with E-state index < -0.39 is 17.5 Å². The minimum atomic E-state index is -1.39. The summed E-state index contributed by atoms with van der Waals surface area (Å²) in [5.41, 5.74) is 6.44. The maximum Gasteiger partial charge on any atom is 0.194 e. The highest BCUT2D eigenvalue weighted by Crippen LogP contribution is 2.36. The van der Waals surface area contributed by atoms with E-state index in [0.29, 0.717) is 5.56 Å². The highest BCUT2D eigenvalue weighted by Gasteiger charge is 2.33. The molecule has 1 atom stereocenters. The number of fused-ring (bicyclic) bond motifs is 1. The van der Waals surface area contributed by atoms with E-state index in [1.165, 1.54) is 0 Å². The van der Waals surface area contributed by atoms with Crippen LogP contribution in [0.15, 0.2) is 6.07 Å². The number of nitrogens with two attached hydrogens (primary N) is 1. The molecule has 6 heteroatoms. The molecule has 0 fully saturated rings. The van der Waals surface area contributed by atoms with Gasteiger partial charge in [0.1, 0.15) is 0 Å². The zero-order chi connectivity index (χ0) is 14.9. The van der Waals surface area contributed by atoms with Crippen LogP contribution in [0.4, 0.5) is 13.2 Å². The second-order valence-electron chi connectivity index (χ2n) is 5.43. The van der Waals surface area contributed by atoms with Crippen molar-refractivity contribution in [1.82, 2.24) is 9.80 Å². The predicted octanol–water partition coefficient (Wildman–Crippen LogP) is 1.87. The van der Waals surface area contributed by atoms with Crippen LogP contribution in [-0.2, 0) is 6.54 Å². The van der Waals surface area contributed by atoms with Gasteiger partial charge >= 0.3 is 0 Å². The van der Waals surface area contributed by atoms with Gasteiger partial charge < -0.3 is 10.6 Å². The van der Waals surface area contributed by atoms with E-state index in [1.807, 2.05) is 19.0 Å². The second kappa shape index (κ2) is 6.11. The lowest BCUT2D eigenvalue weighted by Crippen LogP contribution is -2.30. The average Bonchev–Trinajstić information content (AvgIpc) is 2.73. The summed E-state index contributed by atoms with van der Waals surface area (Å²) >= 11 is 0. The van der Waals surface area contributed by atoms with Gasteiger partial charge in [0.25, 0.3) is 0 Å². The van der Waals surface area contributed by atoms with E-state index in [0.717, 1.165) is 25.6 Å². The summed E-state index contributed by atoms with van der Waals surface area (Å²) in [5, 5.41) is 0. The molecule has 1 heterocycles. The van der Waals surface area contributed by atoms with E-state index in [1.54, 1.807) is 0 Å². The third kappa shape index (κ3) is 2.82. The Morgan fingerprint density at radius 3 is 2.60 bits per heavy atom. The van der Waals surface area contributed by atoms with Gasteiger partial charge in [-0.25, -0.2) is 13.2 Å². The first-order valence-corrected chi connectivity index (χ1v) is 6.70. The Morgan fingerprint density at radius 2 is 2.00 bits per heavy atom. The van der Waals surface area contributed by atoms with Crippen molar-refractivity contribution >= 4 is 0 Å². The van der Waals surface area contributed by atoms with Crippen molar-refractivity contribution in [2.75, 3.05) is 33.7 Å². The van der Waals surface area contributed by atoms with Gasteiger partial charge in [0, 0.05) is 31.2 Å². The molecular weight excluding hydrogens is 267 g/mol. The van der Waals surface area contributed by atoms with Gasteiger partial charge in [-0.1, -0.05) is 0 Å². The Balaban J connectivity index is 2.19. The molecule has 2 N–H and O–H groups in total. The van der Waals surface area contributed by atoms with E-state index in [9.17, 15) is 13.2 Å². The molecule has 0 radical (unpaired) electrons. The summed E-state index contributed by atoms with van der Waals surface area (Å²) < 4.78 is 40.5. The van der Waals surface area contributed by atoms with E-state index in [4.69, 9.17) is 5.73 Å². The lowest BCUT2D eigenvalue weighted by molar-refractivity contribution is 0.207. The first-order chi connectivity index (χ1) is 9.45. The summed E-state index contributed by atoms with van der Waals surface area (Å²) in [6, 6.07) is 0.841. The zero-order valence-corrected chi connectivity index (χ0v) is 11.8. The maximum atomic E-state index is 13.8. The van der Waals surface area contributed by atoms with Crippen LogP contribution in [0.25, 0.3) is 0 Å². The molecular formula is C14H20F3N3. The normalized spacial score (nSPS) is 18.9. The predicted molar refractivity (Wildman–Crippen MR) is 71.7 cm³/mol.